The SMILES string of the molecule is CC1CC1[C@@H]1CC12CC2NC(=O)N(C)C. The monoisotopic (exact) mass is 208 g/mol. The molecule has 4 unspecified atom stereocenters. The zero-order valence-corrected chi connectivity index (χ0v) is 9.79. The van der Waals surface area contributed by atoms with Crippen LogP contribution < -0.4 is 5.32 Å². The van der Waals surface area contributed by atoms with Crippen LogP contribution in [0.15, 0.2) is 0 Å². The van der Waals surface area contributed by atoms with E-state index in [9.17, 15) is 4.79 Å². The molecule has 0 bridgehead atoms. The van der Waals surface area contributed by atoms with E-state index in [-0.39, 0.29) is 6.03 Å². The molecular formula is C12H20N2O. The Morgan fingerprint density at radius 2 is 2.07 bits per heavy atom. The van der Waals surface area contributed by atoms with Gasteiger partial charge < -0.3 is 10.2 Å². The quantitative estimate of drug-likeness (QED) is 0.736. The summed E-state index contributed by atoms with van der Waals surface area (Å²) >= 11 is 0. The van der Waals surface area contributed by atoms with E-state index in [1.807, 2.05) is 0 Å². The van der Waals surface area contributed by atoms with Crippen LogP contribution in [0.1, 0.15) is 26.2 Å². The Morgan fingerprint density at radius 3 is 2.60 bits per heavy atom. The molecule has 0 heterocycles. The Labute approximate surface area is 91.2 Å². The van der Waals surface area contributed by atoms with Gasteiger partial charge in [-0.25, -0.2) is 4.79 Å². The minimum atomic E-state index is 0.0753. The lowest BCUT2D eigenvalue weighted by Crippen LogP contribution is -2.36. The van der Waals surface area contributed by atoms with Crippen molar-refractivity contribution in [3.8, 4) is 0 Å². The molecule has 0 aliphatic heterocycles. The second kappa shape index (κ2) is 2.69. The summed E-state index contributed by atoms with van der Waals surface area (Å²) in [6, 6.07) is 0.566. The van der Waals surface area contributed by atoms with Gasteiger partial charge in [-0.1, -0.05) is 6.92 Å². The van der Waals surface area contributed by atoms with Crippen LogP contribution in [-0.4, -0.2) is 31.1 Å². The number of hydrogen-bond acceptors (Lipinski definition) is 1. The summed E-state index contributed by atoms with van der Waals surface area (Å²) in [5, 5.41) is 3.12. The van der Waals surface area contributed by atoms with Gasteiger partial charge in [-0.05, 0) is 42.4 Å². The van der Waals surface area contributed by atoms with Gasteiger partial charge in [0, 0.05) is 20.1 Å². The molecule has 0 aromatic rings. The minimum absolute atomic E-state index is 0.0753. The van der Waals surface area contributed by atoms with E-state index < -0.39 is 0 Å². The van der Waals surface area contributed by atoms with E-state index in [4.69, 9.17) is 0 Å². The molecule has 0 aromatic heterocycles. The average molecular weight is 208 g/mol. The second-order valence-corrected chi connectivity index (χ2v) is 6.02. The molecule has 1 spiro atoms. The number of nitrogens with one attached hydrogen (secondary N) is 1. The topological polar surface area (TPSA) is 32.3 Å². The van der Waals surface area contributed by atoms with E-state index in [1.165, 1.54) is 19.3 Å². The molecule has 3 nitrogen and oxygen atoms in total. The van der Waals surface area contributed by atoms with Gasteiger partial charge in [0.1, 0.15) is 0 Å². The molecule has 3 heteroatoms. The zero-order chi connectivity index (χ0) is 10.8. The molecule has 5 atom stereocenters. The maximum atomic E-state index is 11.5. The fraction of sp³-hybridized carbons (Fsp3) is 0.917. The molecule has 0 radical (unpaired) electrons. The number of urea groups is 1. The summed E-state index contributed by atoms with van der Waals surface area (Å²) in [7, 11) is 3.61. The van der Waals surface area contributed by atoms with Crippen LogP contribution in [0.5, 0.6) is 0 Å². The molecule has 3 saturated carbocycles. The lowest BCUT2D eigenvalue weighted by atomic mass is 10.2. The first kappa shape index (κ1) is 9.49. The van der Waals surface area contributed by atoms with Crippen molar-refractivity contribution in [2.45, 2.75) is 32.2 Å². The lowest BCUT2D eigenvalue weighted by Gasteiger charge is -2.11. The van der Waals surface area contributed by atoms with Gasteiger partial charge in [0.05, 0.1) is 0 Å². The summed E-state index contributed by atoms with van der Waals surface area (Å²) in [4.78, 5) is 13.1. The van der Waals surface area contributed by atoms with Gasteiger partial charge in [0.25, 0.3) is 0 Å². The number of carbonyl (C=O) groups is 1. The highest BCUT2D eigenvalue weighted by molar-refractivity contribution is 5.74. The first-order chi connectivity index (χ1) is 7.04. The Bertz CT molecular complexity index is 315. The number of hydrogen-bond donors (Lipinski definition) is 1. The van der Waals surface area contributed by atoms with Gasteiger partial charge >= 0.3 is 6.03 Å². The normalized spacial score (nSPS) is 50.1. The van der Waals surface area contributed by atoms with Gasteiger partial charge in [0.2, 0.25) is 0 Å². The minimum Gasteiger partial charge on any atom is -0.335 e. The molecule has 3 aliphatic rings. The molecular weight excluding hydrogens is 188 g/mol. The molecule has 3 aliphatic carbocycles. The summed E-state index contributed by atoms with van der Waals surface area (Å²) in [6.45, 7) is 2.35. The van der Waals surface area contributed by atoms with Crippen LogP contribution in [0.25, 0.3) is 0 Å². The number of amides is 2. The average Bonchev–Trinajstić information content (AvgIpc) is 3.01. The number of nitrogens with zero attached hydrogens (tertiary/aromatic N) is 1. The molecule has 1 N–H and O–H groups in total. The molecule has 3 fully saturated rings. The maximum Gasteiger partial charge on any atom is 0.317 e. The third-order valence-corrected chi connectivity index (χ3v) is 4.69. The van der Waals surface area contributed by atoms with E-state index in [0.29, 0.717) is 11.5 Å². The predicted octanol–water partition coefficient (Wildman–Crippen LogP) is 1.69. The van der Waals surface area contributed by atoms with Crippen LogP contribution in [0, 0.1) is 23.2 Å². The van der Waals surface area contributed by atoms with Crippen LogP contribution >= 0.6 is 0 Å². The Hall–Kier alpha value is -0.730. The Balaban J connectivity index is 1.51. The second-order valence-electron chi connectivity index (χ2n) is 6.02. The molecule has 15 heavy (non-hydrogen) atoms. The zero-order valence-electron chi connectivity index (χ0n) is 9.79. The van der Waals surface area contributed by atoms with Crippen LogP contribution in [0.3, 0.4) is 0 Å². The summed E-state index contributed by atoms with van der Waals surface area (Å²) in [5.41, 5.74) is 0.557. The maximum absolute atomic E-state index is 11.5. The van der Waals surface area contributed by atoms with Crippen molar-refractivity contribution in [2.75, 3.05) is 14.1 Å². The van der Waals surface area contributed by atoms with Gasteiger partial charge in [-0.3, -0.25) is 0 Å². The van der Waals surface area contributed by atoms with E-state index in [0.717, 1.165) is 17.8 Å². The molecule has 3 rings (SSSR count). The van der Waals surface area contributed by atoms with Crippen molar-refractivity contribution >= 4 is 6.03 Å². The van der Waals surface area contributed by atoms with Crippen molar-refractivity contribution < 1.29 is 4.79 Å². The fourth-order valence-corrected chi connectivity index (χ4v) is 3.27. The Kier molecular flexibility index (Phi) is 1.70. The summed E-state index contributed by atoms with van der Waals surface area (Å²) in [6.07, 6.45) is 4.04. The van der Waals surface area contributed by atoms with E-state index in [1.54, 1.807) is 19.0 Å². The molecule has 0 saturated heterocycles. The largest absolute Gasteiger partial charge is 0.335 e. The highest BCUT2D eigenvalue weighted by Gasteiger charge is 2.74. The van der Waals surface area contributed by atoms with Gasteiger partial charge in [0.15, 0.2) is 0 Å². The third kappa shape index (κ3) is 1.35. The van der Waals surface area contributed by atoms with Crippen molar-refractivity contribution in [1.29, 1.82) is 0 Å². The number of rotatable bonds is 2. The standard InChI is InChI=1S/C12H20N2O/c1-7-4-8(7)9-5-12(9)6-10(12)13-11(15)14(2)3/h7-10H,4-6H2,1-3H3,(H,13,15)/t7?,8?,9-,10?,12?/m0/s1. The van der Waals surface area contributed by atoms with Gasteiger partial charge in [-0.2, -0.15) is 0 Å². The Morgan fingerprint density at radius 1 is 1.40 bits per heavy atom. The molecule has 84 valence electrons. The van der Waals surface area contributed by atoms with Crippen LogP contribution in [0.2, 0.25) is 0 Å². The van der Waals surface area contributed by atoms with Crippen molar-refractivity contribution in [1.82, 2.24) is 10.2 Å². The van der Waals surface area contributed by atoms with Crippen LogP contribution in [-0.2, 0) is 0 Å². The first-order valence-electron chi connectivity index (χ1n) is 6.02. The third-order valence-electron chi connectivity index (χ3n) is 4.69. The van der Waals surface area contributed by atoms with Crippen LogP contribution in [0.4, 0.5) is 4.79 Å². The predicted molar refractivity (Wildman–Crippen MR) is 58.4 cm³/mol. The first-order valence-corrected chi connectivity index (χ1v) is 6.02. The smallest absolute Gasteiger partial charge is 0.317 e. The lowest BCUT2D eigenvalue weighted by molar-refractivity contribution is 0.216. The molecule has 2 amide bonds. The van der Waals surface area contributed by atoms with E-state index in [2.05, 4.69) is 12.2 Å². The summed E-state index contributed by atoms with van der Waals surface area (Å²) < 4.78 is 0. The van der Waals surface area contributed by atoms with Crippen molar-refractivity contribution in [2.24, 2.45) is 23.2 Å². The highest BCUT2D eigenvalue weighted by atomic mass is 16.2. The number of carbonyl (C=O) groups excluding carboxylic acids is 1. The fourth-order valence-electron chi connectivity index (χ4n) is 3.27. The highest BCUT2D eigenvalue weighted by Crippen LogP contribution is 2.76. The van der Waals surface area contributed by atoms with Crippen molar-refractivity contribution in [3.05, 3.63) is 0 Å². The van der Waals surface area contributed by atoms with E-state index >= 15 is 0 Å². The molecule has 0 aromatic carbocycles. The van der Waals surface area contributed by atoms with Crippen molar-refractivity contribution in [3.63, 3.8) is 0 Å². The van der Waals surface area contributed by atoms with Gasteiger partial charge in [-0.15, -0.1) is 0 Å². The summed E-state index contributed by atoms with van der Waals surface area (Å²) in [5.74, 6) is 2.89.